The number of ether oxygens (including phenoxy) is 1. The van der Waals surface area contributed by atoms with Crippen molar-refractivity contribution in [1.82, 2.24) is 9.55 Å². The molecule has 0 saturated heterocycles. The number of para-hydroxylation sites is 3. The molecule has 0 unspecified atom stereocenters. The Morgan fingerprint density at radius 1 is 1.05 bits per heavy atom. The standard InChI is InChI=1S/C16H16N2O/c1-2-19-16-10-6-3-7-13(16)11-18-12-17-14-8-4-5-9-15(14)18/h3-10,12H,2,11H2,1H3. The Kier molecular flexibility index (Phi) is 3.19. The highest BCUT2D eigenvalue weighted by molar-refractivity contribution is 5.75. The fourth-order valence-corrected chi connectivity index (χ4v) is 2.25. The molecule has 3 nitrogen and oxygen atoms in total. The van der Waals surface area contributed by atoms with Gasteiger partial charge < -0.3 is 9.30 Å². The van der Waals surface area contributed by atoms with Crippen LogP contribution in [0.4, 0.5) is 0 Å². The number of benzene rings is 2. The van der Waals surface area contributed by atoms with E-state index in [0.717, 1.165) is 23.3 Å². The summed E-state index contributed by atoms with van der Waals surface area (Å²) >= 11 is 0. The average molecular weight is 252 g/mol. The van der Waals surface area contributed by atoms with Crippen molar-refractivity contribution < 1.29 is 4.74 Å². The number of aromatic nitrogens is 2. The van der Waals surface area contributed by atoms with E-state index in [1.807, 2.05) is 49.6 Å². The summed E-state index contributed by atoms with van der Waals surface area (Å²) in [5.74, 6) is 0.947. The van der Waals surface area contributed by atoms with Crippen molar-refractivity contribution in [3.05, 3.63) is 60.4 Å². The van der Waals surface area contributed by atoms with Crippen molar-refractivity contribution in [1.29, 1.82) is 0 Å². The van der Waals surface area contributed by atoms with Gasteiger partial charge in [0.1, 0.15) is 5.75 Å². The van der Waals surface area contributed by atoms with Crippen LogP contribution in [0, 0.1) is 0 Å². The highest BCUT2D eigenvalue weighted by Gasteiger charge is 2.06. The summed E-state index contributed by atoms with van der Waals surface area (Å²) in [6, 6.07) is 16.3. The molecule has 1 aromatic heterocycles. The van der Waals surface area contributed by atoms with Crippen LogP contribution in [0.1, 0.15) is 12.5 Å². The summed E-state index contributed by atoms with van der Waals surface area (Å²) in [6.45, 7) is 3.46. The molecule has 0 aliphatic heterocycles. The molecule has 3 aromatic rings. The molecule has 0 atom stereocenters. The first-order valence-electron chi connectivity index (χ1n) is 6.49. The smallest absolute Gasteiger partial charge is 0.124 e. The molecule has 0 fully saturated rings. The van der Waals surface area contributed by atoms with Crippen LogP contribution >= 0.6 is 0 Å². The maximum absolute atomic E-state index is 5.66. The molecule has 96 valence electrons. The maximum Gasteiger partial charge on any atom is 0.124 e. The van der Waals surface area contributed by atoms with Gasteiger partial charge in [0.05, 0.1) is 30.5 Å². The molecule has 3 rings (SSSR count). The van der Waals surface area contributed by atoms with Crippen molar-refractivity contribution in [3.8, 4) is 5.75 Å². The summed E-state index contributed by atoms with van der Waals surface area (Å²) in [5.41, 5.74) is 3.35. The van der Waals surface area contributed by atoms with E-state index >= 15 is 0 Å². The minimum atomic E-state index is 0.682. The molecule has 2 aromatic carbocycles. The molecular weight excluding hydrogens is 236 g/mol. The predicted octanol–water partition coefficient (Wildman–Crippen LogP) is 3.48. The maximum atomic E-state index is 5.66. The minimum Gasteiger partial charge on any atom is -0.494 e. The minimum absolute atomic E-state index is 0.682. The zero-order chi connectivity index (χ0) is 13.1. The first kappa shape index (κ1) is 11.8. The van der Waals surface area contributed by atoms with Crippen LogP contribution in [0.5, 0.6) is 5.75 Å². The summed E-state index contributed by atoms with van der Waals surface area (Å²) in [7, 11) is 0. The van der Waals surface area contributed by atoms with Crippen LogP contribution in [0.2, 0.25) is 0 Å². The fourth-order valence-electron chi connectivity index (χ4n) is 2.25. The third-order valence-electron chi connectivity index (χ3n) is 3.14. The lowest BCUT2D eigenvalue weighted by Gasteiger charge is -2.11. The molecule has 0 N–H and O–H groups in total. The molecule has 19 heavy (non-hydrogen) atoms. The van der Waals surface area contributed by atoms with Gasteiger partial charge in [0, 0.05) is 5.56 Å². The van der Waals surface area contributed by atoms with Gasteiger partial charge in [0.25, 0.3) is 0 Å². The Bertz CT molecular complexity index is 688. The number of fused-ring (bicyclic) bond motifs is 1. The van der Waals surface area contributed by atoms with E-state index in [4.69, 9.17) is 4.74 Å². The number of imidazole rings is 1. The Hall–Kier alpha value is -2.29. The van der Waals surface area contributed by atoms with E-state index in [2.05, 4.69) is 21.7 Å². The second kappa shape index (κ2) is 5.14. The van der Waals surface area contributed by atoms with Gasteiger partial charge >= 0.3 is 0 Å². The van der Waals surface area contributed by atoms with Crippen molar-refractivity contribution in [2.75, 3.05) is 6.61 Å². The third-order valence-corrected chi connectivity index (χ3v) is 3.14. The Morgan fingerprint density at radius 2 is 1.84 bits per heavy atom. The molecule has 0 aliphatic carbocycles. The summed E-state index contributed by atoms with van der Waals surface area (Å²) < 4.78 is 7.81. The van der Waals surface area contributed by atoms with Gasteiger partial charge in [-0.15, -0.1) is 0 Å². The van der Waals surface area contributed by atoms with Crippen LogP contribution in [0.25, 0.3) is 11.0 Å². The third kappa shape index (κ3) is 2.32. The molecule has 0 bridgehead atoms. The number of hydrogen-bond donors (Lipinski definition) is 0. The van der Waals surface area contributed by atoms with E-state index in [1.54, 1.807) is 0 Å². The van der Waals surface area contributed by atoms with Crippen LogP contribution in [0.3, 0.4) is 0 Å². The summed E-state index contributed by atoms with van der Waals surface area (Å²) in [4.78, 5) is 4.41. The van der Waals surface area contributed by atoms with Gasteiger partial charge in [-0.1, -0.05) is 30.3 Å². The summed E-state index contributed by atoms with van der Waals surface area (Å²) in [5, 5.41) is 0. The van der Waals surface area contributed by atoms with E-state index in [9.17, 15) is 0 Å². The van der Waals surface area contributed by atoms with Crippen LogP contribution < -0.4 is 4.74 Å². The van der Waals surface area contributed by atoms with Gasteiger partial charge in [-0.3, -0.25) is 0 Å². The molecule has 0 aliphatic rings. The van der Waals surface area contributed by atoms with Crippen molar-refractivity contribution >= 4 is 11.0 Å². The van der Waals surface area contributed by atoms with E-state index < -0.39 is 0 Å². The van der Waals surface area contributed by atoms with Gasteiger partial charge in [0.15, 0.2) is 0 Å². The summed E-state index contributed by atoms with van der Waals surface area (Å²) in [6.07, 6.45) is 1.88. The first-order valence-corrected chi connectivity index (χ1v) is 6.49. The average Bonchev–Trinajstić information content (AvgIpc) is 2.85. The van der Waals surface area contributed by atoms with Crippen LogP contribution in [-0.4, -0.2) is 16.2 Å². The van der Waals surface area contributed by atoms with Gasteiger partial charge in [-0.05, 0) is 25.1 Å². The van der Waals surface area contributed by atoms with E-state index in [-0.39, 0.29) is 0 Å². The highest BCUT2D eigenvalue weighted by Crippen LogP contribution is 2.21. The molecule has 3 heteroatoms. The van der Waals surface area contributed by atoms with E-state index in [1.165, 1.54) is 5.56 Å². The first-order chi connectivity index (χ1) is 9.38. The Balaban J connectivity index is 1.97. The number of hydrogen-bond acceptors (Lipinski definition) is 2. The highest BCUT2D eigenvalue weighted by atomic mass is 16.5. The molecule has 0 radical (unpaired) electrons. The second-order valence-corrected chi connectivity index (χ2v) is 4.40. The van der Waals surface area contributed by atoms with Crippen molar-refractivity contribution in [3.63, 3.8) is 0 Å². The molecular formula is C16H16N2O. The van der Waals surface area contributed by atoms with E-state index in [0.29, 0.717) is 6.61 Å². The SMILES string of the molecule is CCOc1ccccc1Cn1cnc2ccccc21. The second-order valence-electron chi connectivity index (χ2n) is 4.40. The van der Waals surface area contributed by atoms with Gasteiger partial charge in [-0.2, -0.15) is 0 Å². The molecule has 0 spiro atoms. The molecule has 0 saturated carbocycles. The topological polar surface area (TPSA) is 27.1 Å². The zero-order valence-electron chi connectivity index (χ0n) is 10.9. The number of rotatable bonds is 4. The Labute approximate surface area is 112 Å². The predicted molar refractivity (Wildman–Crippen MR) is 76.4 cm³/mol. The van der Waals surface area contributed by atoms with Gasteiger partial charge in [0.2, 0.25) is 0 Å². The monoisotopic (exact) mass is 252 g/mol. The van der Waals surface area contributed by atoms with Crippen LogP contribution in [-0.2, 0) is 6.54 Å². The fraction of sp³-hybridized carbons (Fsp3) is 0.188. The quantitative estimate of drug-likeness (QED) is 0.710. The van der Waals surface area contributed by atoms with Gasteiger partial charge in [-0.25, -0.2) is 4.98 Å². The lowest BCUT2D eigenvalue weighted by Crippen LogP contribution is -2.02. The largest absolute Gasteiger partial charge is 0.494 e. The lowest BCUT2D eigenvalue weighted by atomic mass is 10.2. The zero-order valence-corrected chi connectivity index (χ0v) is 10.9. The molecule has 1 heterocycles. The molecule has 0 amide bonds. The lowest BCUT2D eigenvalue weighted by molar-refractivity contribution is 0.336. The van der Waals surface area contributed by atoms with Crippen LogP contribution in [0.15, 0.2) is 54.9 Å². The van der Waals surface area contributed by atoms with Crippen molar-refractivity contribution in [2.24, 2.45) is 0 Å². The van der Waals surface area contributed by atoms with Crippen molar-refractivity contribution in [2.45, 2.75) is 13.5 Å². The Morgan fingerprint density at radius 3 is 2.74 bits per heavy atom. The number of nitrogens with zero attached hydrogens (tertiary/aromatic N) is 2. The normalized spacial score (nSPS) is 10.8.